The van der Waals surface area contributed by atoms with Crippen LogP contribution in [0.25, 0.3) is 0 Å². The van der Waals surface area contributed by atoms with E-state index < -0.39 is 46.5 Å². The molecule has 4 nitrogen and oxygen atoms in total. The van der Waals surface area contributed by atoms with Gasteiger partial charge in [0.15, 0.2) is 23.1 Å². The third-order valence-corrected chi connectivity index (χ3v) is 2.45. The number of benzene rings is 1. The number of H-pyrrole nitrogens is 1. The van der Waals surface area contributed by atoms with E-state index in [0.717, 1.165) is 0 Å². The molecule has 0 spiro atoms. The van der Waals surface area contributed by atoms with Gasteiger partial charge in [0.05, 0.1) is 17.4 Å². The van der Waals surface area contributed by atoms with E-state index in [4.69, 9.17) is 0 Å². The fraction of sp³-hybridized carbons (Fsp3) is 0.0909. The maximum atomic E-state index is 13.3. The number of hydrogen-bond donors (Lipinski definition) is 2. The van der Waals surface area contributed by atoms with Gasteiger partial charge in [-0.25, -0.2) is 13.2 Å². The van der Waals surface area contributed by atoms with Crippen LogP contribution in [-0.2, 0) is 6.18 Å². The van der Waals surface area contributed by atoms with Crippen molar-refractivity contribution in [2.45, 2.75) is 6.18 Å². The zero-order valence-corrected chi connectivity index (χ0v) is 9.86. The van der Waals surface area contributed by atoms with E-state index in [1.807, 2.05) is 0 Å². The second-order valence-corrected chi connectivity index (χ2v) is 3.83. The van der Waals surface area contributed by atoms with Gasteiger partial charge in [0, 0.05) is 0 Å². The number of aromatic amines is 1. The zero-order valence-electron chi connectivity index (χ0n) is 9.86. The molecule has 0 saturated carbocycles. The molecule has 2 N–H and O–H groups in total. The summed E-state index contributed by atoms with van der Waals surface area (Å²) in [7, 11) is 0. The van der Waals surface area contributed by atoms with E-state index in [1.54, 1.807) is 10.4 Å². The summed E-state index contributed by atoms with van der Waals surface area (Å²) >= 11 is 0. The minimum absolute atomic E-state index is 0.522. The van der Waals surface area contributed by atoms with Crippen molar-refractivity contribution in [3.8, 4) is 0 Å². The maximum absolute atomic E-state index is 13.3. The van der Waals surface area contributed by atoms with E-state index in [2.05, 4.69) is 5.10 Å². The van der Waals surface area contributed by atoms with Crippen molar-refractivity contribution in [3.63, 3.8) is 0 Å². The van der Waals surface area contributed by atoms with Crippen molar-refractivity contribution in [1.82, 2.24) is 10.2 Å². The van der Waals surface area contributed by atoms with Gasteiger partial charge in [-0.05, 0) is 12.1 Å². The molecule has 1 aromatic carbocycles. The van der Waals surface area contributed by atoms with Crippen LogP contribution >= 0.6 is 0 Å². The molecule has 1 aromatic heterocycles. The highest BCUT2D eigenvalue weighted by Gasteiger charge is 2.37. The van der Waals surface area contributed by atoms with Gasteiger partial charge in [-0.2, -0.15) is 18.3 Å². The Morgan fingerprint density at radius 1 is 1.14 bits per heavy atom. The molecule has 1 heterocycles. The third kappa shape index (κ3) is 2.83. The number of rotatable bonds is 2. The summed E-state index contributed by atoms with van der Waals surface area (Å²) in [5.41, 5.74) is -3.15. The highest BCUT2D eigenvalue weighted by molar-refractivity contribution is 6.05. The quantitative estimate of drug-likeness (QED) is 0.661. The fourth-order valence-electron chi connectivity index (χ4n) is 1.49. The number of aromatic nitrogens is 2. The minimum Gasteiger partial charge on any atom is -0.319 e. The Morgan fingerprint density at radius 2 is 1.81 bits per heavy atom. The molecule has 1 amide bonds. The van der Waals surface area contributed by atoms with Crippen molar-refractivity contribution in [2.75, 3.05) is 5.32 Å². The monoisotopic (exact) mass is 309 g/mol. The fourth-order valence-corrected chi connectivity index (χ4v) is 1.49. The molecule has 112 valence electrons. The van der Waals surface area contributed by atoms with Gasteiger partial charge >= 0.3 is 6.18 Å². The third-order valence-electron chi connectivity index (χ3n) is 2.45. The number of halogens is 6. The molecule has 2 rings (SSSR count). The van der Waals surface area contributed by atoms with Gasteiger partial charge in [-0.1, -0.05) is 0 Å². The minimum atomic E-state index is -4.88. The normalized spacial score (nSPS) is 11.5. The average molecular weight is 309 g/mol. The highest BCUT2D eigenvalue weighted by Crippen LogP contribution is 2.30. The molecular formula is C11H5F6N3O. The predicted octanol–water partition coefficient (Wildman–Crippen LogP) is 3.10. The Hall–Kier alpha value is -2.52. The Kier molecular flexibility index (Phi) is 3.62. The summed E-state index contributed by atoms with van der Waals surface area (Å²) in [4.78, 5) is 11.6. The van der Waals surface area contributed by atoms with Crippen LogP contribution in [0.3, 0.4) is 0 Å². The molecule has 0 radical (unpaired) electrons. The van der Waals surface area contributed by atoms with Crippen LogP contribution in [0, 0.1) is 17.5 Å². The second-order valence-electron chi connectivity index (χ2n) is 3.83. The van der Waals surface area contributed by atoms with E-state index in [-0.39, 0.29) is 0 Å². The van der Waals surface area contributed by atoms with Crippen LogP contribution in [0.4, 0.5) is 32.0 Å². The SMILES string of the molecule is O=C(Nc1ccc(F)c(F)c1F)c1cn[nH]c1C(F)(F)F. The number of alkyl halides is 3. The van der Waals surface area contributed by atoms with Crippen molar-refractivity contribution in [1.29, 1.82) is 0 Å². The summed E-state index contributed by atoms with van der Waals surface area (Å²) in [6.45, 7) is 0. The lowest BCUT2D eigenvalue weighted by Gasteiger charge is -2.09. The molecule has 0 aliphatic heterocycles. The van der Waals surface area contributed by atoms with E-state index >= 15 is 0 Å². The standard InChI is InChI=1S/C11H5F6N3O/c12-5-1-2-6(8(14)7(5)13)19-10(21)4-3-18-20-9(4)11(15,16)17/h1-3H,(H,18,20)(H,19,21). The number of anilines is 1. The Bertz CT molecular complexity index is 694. The topological polar surface area (TPSA) is 57.8 Å². The first-order valence-electron chi connectivity index (χ1n) is 5.27. The van der Waals surface area contributed by atoms with Crippen molar-refractivity contribution in [3.05, 3.63) is 47.0 Å². The number of carbonyl (C=O) groups excluding carboxylic acids is 1. The number of hydrogen-bond acceptors (Lipinski definition) is 2. The van der Waals surface area contributed by atoms with E-state index in [0.29, 0.717) is 18.3 Å². The molecule has 0 aliphatic carbocycles. The lowest BCUT2D eigenvalue weighted by Crippen LogP contribution is -2.18. The molecule has 2 aromatic rings. The van der Waals surface area contributed by atoms with Crippen LogP contribution in [0.1, 0.15) is 16.1 Å². The van der Waals surface area contributed by atoms with Crippen molar-refractivity contribution >= 4 is 11.6 Å². The molecule has 0 bridgehead atoms. The molecule has 0 aliphatic rings. The zero-order chi connectivity index (χ0) is 15.8. The van der Waals surface area contributed by atoms with E-state index in [9.17, 15) is 31.1 Å². The van der Waals surface area contributed by atoms with Gasteiger partial charge in [-0.3, -0.25) is 9.89 Å². The first-order valence-corrected chi connectivity index (χ1v) is 5.27. The molecule has 0 atom stereocenters. The molecule has 0 fully saturated rings. The Labute approximate surface area is 112 Å². The van der Waals surface area contributed by atoms with Crippen molar-refractivity contribution in [2.24, 2.45) is 0 Å². The Balaban J connectivity index is 2.32. The molecule has 10 heteroatoms. The van der Waals surface area contributed by atoms with Gasteiger partial charge in [-0.15, -0.1) is 0 Å². The summed E-state index contributed by atoms with van der Waals surface area (Å²) in [6, 6.07) is 1.20. The summed E-state index contributed by atoms with van der Waals surface area (Å²) in [5.74, 6) is -6.44. The second kappa shape index (κ2) is 5.11. The van der Waals surface area contributed by atoms with Crippen LogP contribution in [0.15, 0.2) is 18.3 Å². The van der Waals surface area contributed by atoms with Gasteiger partial charge < -0.3 is 5.32 Å². The Morgan fingerprint density at radius 3 is 2.43 bits per heavy atom. The number of amides is 1. The smallest absolute Gasteiger partial charge is 0.319 e. The maximum Gasteiger partial charge on any atom is 0.433 e. The number of nitrogens with zero attached hydrogens (tertiary/aromatic N) is 1. The van der Waals surface area contributed by atoms with Crippen LogP contribution in [0.2, 0.25) is 0 Å². The first kappa shape index (κ1) is 14.9. The predicted molar refractivity (Wildman–Crippen MR) is 57.9 cm³/mol. The lowest BCUT2D eigenvalue weighted by atomic mass is 10.2. The highest BCUT2D eigenvalue weighted by atomic mass is 19.4. The number of nitrogens with one attached hydrogen (secondary N) is 2. The number of carbonyl (C=O) groups is 1. The van der Waals surface area contributed by atoms with E-state index in [1.165, 1.54) is 0 Å². The molecule has 0 unspecified atom stereocenters. The van der Waals surface area contributed by atoms with Gasteiger partial charge in [0.2, 0.25) is 0 Å². The van der Waals surface area contributed by atoms with Gasteiger partial charge in [0.25, 0.3) is 5.91 Å². The summed E-state index contributed by atoms with van der Waals surface area (Å²) in [5, 5.41) is 6.37. The molecule has 0 saturated heterocycles. The average Bonchev–Trinajstić information content (AvgIpc) is 2.89. The van der Waals surface area contributed by atoms with Crippen LogP contribution < -0.4 is 5.32 Å². The lowest BCUT2D eigenvalue weighted by molar-refractivity contribution is -0.141. The summed E-state index contributed by atoms with van der Waals surface area (Å²) < 4.78 is 76.6. The first-order chi connectivity index (χ1) is 9.71. The summed E-state index contributed by atoms with van der Waals surface area (Å²) in [6.07, 6.45) is -4.30. The largest absolute Gasteiger partial charge is 0.433 e. The van der Waals surface area contributed by atoms with Crippen LogP contribution in [-0.4, -0.2) is 16.1 Å². The van der Waals surface area contributed by atoms with Crippen molar-refractivity contribution < 1.29 is 31.1 Å². The molecule has 21 heavy (non-hydrogen) atoms. The van der Waals surface area contributed by atoms with Gasteiger partial charge in [0.1, 0.15) is 0 Å². The molecular weight excluding hydrogens is 304 g/mol. The van der Waals surface area contributed by atoms with Crippen LogP contribution in [0.5, 0.6) is 0 Å².